The number of carbonyl (C=O) groups is 2. The molecule has 1 aromatic rings. The van der Waals surface area contributed by atoms with Crippen LogP contribution in [0.25, 0.3) is 0 Å². The Balaban J connectivity index is 1.97. The highest BCUT2D eigenvalue weighted by molar-refractivity contribution is 5.93. The smallest absolute Gasteiger partial charge is 0.321 e. The van der Waals surface area contributed by atoms with Crippen LogP contribution < -0.4 is 10.2 Å². The minimum absolute atomic E-state index is 0.137. The topological polar surface area (TPSA) is 69.6 Å². The highest BCUT2D eigenvalue weighted by Gasteiger charge is 2.20. The predicted molar refractivity (Wildman–Crippen MR) is 81.5 cm³/mol. The number of fused-ring (bicyclic) bond motifs is 1. The highest BCUT2D eigenvalue weighted by atomic mass is 16.4. The zero-order valence-corrected chi connectivity index (χ0v) is 12.3. The van der Waals surface area contributed by atoms with Gasteiger partial charge in [-0.3, -0.25) is 9.69 Å². The molecule has 1 atom stereocenters. The number of urea groups is 1. The van der Waals surface area contributed by atoms with Crippen molar-refractivity contribution in [1.82, 2.24) is 5.32 Å². The molecule has 0 fully saturated rings. The minimum Gasteiger partial charge on any atom is -0.481 e. The SMILES string of the molecule is CC(CCNC(=O)N1CCCCc2ccccc21)C(=O)O. The first-order valence-corrected chi connectivity index (χ1v) is 7.45. The van der Waals surface area contributed by atoms with Crippen molar-refractivity contribution in [1.29, 1.82) is 0 Å². The second-order valence-electron chi connectivity index (χ2n) is 5.50. The van der Waals surface area contributed by atoms with E-state index in [1.807, 2.05) is 18.2 Å². The van der Waals surface area contributed by atoms with Crippen LogP contribution in [0.3, 0.4) is 0 Å². The van der Waals surface area contributed by atoms with E-state index in [1.165, 1.54) is 5.56 Å². The zero-order valence-electron chi connectivity index (χ0n) is 12.3. The molecule has 1 aliphatic rings. The Hall–Kier alpha value is -2.04. The van der Waals surface area contributed by atoms with Crippen molar-refractivity contribution in [3.8, 4) is 0 Å². The molecule has 5 heteroatoms. The number of carbonyl (C=O) groups excluding carboxylic acids is 1. The van der Waals surface area contributed by atoms with Crippen LogP contribution in [0.5, 0.6) is 0 Å². The number of nitrogens with zero attached hydrogens (tertiary/aromatic N) is 1. The lowest BCUT2D eigenvalue weighted by atomic mass is 10.1. The third-order valence-electron chi connectivity index (χ3n) is 3.88. The van der Waals surface area contributed by atoms with Gasteiger partial charge in [-0.2, -0.15) is 0 Å². The first kappa shape index (κ1) is 15.4. The maximum Gasteiger partial charge on any atom is 0.321 e. The van der Waals surface area contributed by atoms with Crippen LogP contribution in [0.2, 0.25) is 0 Å². The number of para-hydroxylation sites is 1. The molecule has 1 unspecified atom stereocenters. The second kappa shape index (κ2) is 7.11. The van der Waals surface area contributed by atoms with Crippen molar-refractivity contribution in [3.05, 3.63) is 29.8 Å². The first-order valence-electron chi connectivity index (χ1n) is 7.45. The number of benzene rings is 1. The molecule has 1 heterocycles. The highest BCUT2D eigenvalue weighted by Crippen LogP contribution is 2.25. The van der Waals surface area contributed by atoms with Crippen LogP contribution in [0.1, 0.15) is 31.7 Å². The number of nitrogens with one attached hydrogen (secondary N) is 1. The number of hydrogen-bond acceptors (Lipinski definition) is 2. The Bertz CT molecular complexity index is 516. The molecule has 5 nitrogen and oxygen atoms in total. The van der Waals surface area contributed by atoms with Gasteiger partial charge in [0.25, 0.3) is 0 Å². The number of amides is 2. The Labute approximate surface area is 125 Å². The van der Waals surface area contributed by atoms with E-state index in [1.54, 1.807) is 11.8 Å². The molecule has 1 aliphatic heterocycles. The normalized spacial score (nSPS) is 15.8. The van der Waals surface area contributed by atoms with Crippen molar-refractivity contribution in [2.24, 2.45) is 5.92 Å². The Morgan fingerprint density at radius 2 is 2.10 bits per heavy atom. The Morgan fingerprint density at radius 3 is 2.86 bits per heavy atom. The molecular formula is C16H22N2O3. The fraction of sp³-hybridized carbons (Fsp3) is 0.500. The number of aryl methyl sites for hydroxylation is 1. The summed E-state index contributed by atoms with van der Waals surface area (Å²) in [5.41, 5.74) is 2.17. The van der Waals surface area contributed by atoms with E-state index in [-0.39, 0.29) is 6.03 Å². The molecule has 0 bridgehead atoms. The van der Waals surface area contributed by atoms with Crippen LogP contribution in [0.4, 0.5) is 10.5 Å². The maximum absolute atomic E-state index is 12.3. The molecule has 0 saturated carbocycles. The minimum atomic E-state index is -0.829. The van der Waals surface area contributed by atoms with Crippen molar-refractivity contribution >= 4 is 17.7 Å². The third kappa shape index (κ3) is 3.97. The molecule has 0 aromatic heterocycles. The number of anilines is 1. The standard InChI is InChI=1S/C16H22N2O3/c1-12(15(19)20)9-10-17-16(21)18-11-5-4-7-13-6-2-3-8-14(13)18/h2-3,6,8,12H,4-5,7,9-11H2,1H3,(H,17,21)(H,19,20). The summed E-state index contributed by atoms with van der Waals surface area (Å²) in [6.45, 7) is 2.73. The number of rotatable bonds is 4. The molecule has 2 N–H and O–H groups in total. The molecule has 21 heavy (non-hydrogen) atoms. The van der Waals surface area contributed by atoms with Crippen LogP contribution in [-0.2, 0) is 11.2 Å². The summed E-state index contributed by atoms with van der Waals surface area (Å²) in [5, 5.41) is 11.7. The van der Waals surface area contributed by atoms with Crippen molar-refractivity contribution in [3.63, 3.8) is 0 Å². The molecule has 0 saturated heterocycles. The summed E-state index contributed by atoms with van der Waals surface area (Å²) in [6, 6.07) is 7.83. The average molecular weight is 290 g/mol. The van der Waals surface area contributed by atoms with E-state index in [0.29, 0.717) is 19.5 Å². The number of aliphatic carboxylic acids is 1. The van der Waals surface area contributed by atoms with Gasteiger partial charge in [-0.1, -0.05) is 25.1 Å². The average Bonchev–Trinajstić information content (AvgIpc) is 2.69. The van der Waals surface area contributed by atoms with Crippen molar-refractivity contribution in [2.75, 3.05) is 18.0 Å². The van der Waals surface area contributed by atoms with E-state index in [2.05, 4.69) is 11.4 Å². The van der Waals surface area contributed by atoms with Crippen LogP contribution in [0, 0.1) is 5.92 Å². The second-order valence-corrected chi connectivity index (χ2v) is 5.50. The summed E-state index contributed by atoms with van der Waals surface area (Å²) < 4.78 is 0. The fourth-order valence-corrected chi connectivity index (χ4v) is 2.52. The van der Waals surface area contributed by atoms with Gasteiger partial charge in [0.15, 0.2) is 0 Å². The van der Waals surface area contributed by atoms with Gasteiger partial charge in [0.2, 0.25) is 0 Å². The quantitative estimate of drug-likeness (QED) is 0.895. The summed E-state index contributed by atoms with van der Waals surface area (Å²) in [5.74, 6) is -1.27. The van der Waals surface area contributed by atoms with Gasteiger partial charge < -0.3 is 10.4 Å². The first-order chi connectivity index (χ1) is 10.1. The molecule has 0 aliphatic carbocycles. The van der Waals surface area contributed by atoms with E-state index in [4.69, 9.17) is 5.11 Å². The molecule has 0 spiro atoms. The summed E-state index contributed by atoms with van der Waals surface area (Å²) in [7, 11) is 0. The summed E-state index contributed by atoms with van der Waals surface area (Å²) in [4.78, 5) is 24.9. The number of hydrogen-bond donors (Lipinski definition) is 2. The maximum atomic E-state index is 12.3. The van der Waals surface area contributed by atoms with E-state index in [9.17, 15) is 9.59 Å². The molecule has 0 radical (unpaired) electrons. The lowest BCUT2D eigenvalue weighted by Crippen LogP contribution is -2.41. The zero-order chi connectivity index (χ0) is 15.2. The van der Waals surface area contributed by atoms with Gasteiger partial charge in [-0.05, 0) is 37.3 Å². The Kier molecular flexibility index (Phi) is 5.20. The van der Waals surface area contributed by atoms with E-state index in [0.717, 1.165) is 24.9 Å². The van der Waals surface area contributed by atoms with Crippen LogP contribution in [0.15, 0.2) is 24.3 Å². The number of carboxylic acids is 1. The van der Waals surface area contributed by atoms with Crippen molar-refractivity contribution < 1.29 is 14.7 Å². The van der Waals surface area contributed by atoms with Gasteiger partial charge in [-0.15, -0.1) is 0 Å². The number of carboxylic acid groups (broad SMARTS) is 1. The van der Waals surface area contributed by atoms with Crippen LogP contribution in [-0.4, -0.2) is 30.2 Å². The predicted octanol–water partition coefficient (Wildman–Crippen LogP) is 2.65. The van der Waals surface area contributed by atoms with E-state index >= 15 is 0 Å². The van der Waals surface area contributed by atoms with Gasteiger partial charge in [0, 0.05) is 18.8 Å². The largest absolute Gasteiger partial charge is 0.481 e. The van der Waals surface area contributed by atoms with Gasteiger partial charge in [0.1, 0.15) is 0 Å². The molecule has 114 valence electrons. The molecule has 2 amide bonds. The van der Waals surface area contributed by atoms with Gasteiger partial charge >= 0.3 is 12.0 Å². The van der Waals surface area contributed by atoms with Gasteiger partial charge in [-0.25, -0.2) is 4.79 Å². The molecular weight excluding hydrogens is 268 g/mol. The molecule has 2 rings (SSSR count). The monoisotopic (exact) mass is 290 g/mol. The third-order valence-corrected chi connectivity index (χ3v) is 3.88. The van der Waals surface area contributed by atoms with Crippen LogP contribution >= 0.6 is 0 Å². The van der Waals surface area contributed by atoms with E-state index < -0.39 is 11.9 Å². The van der Waals surface area contributed by atoms with Crippen molar-refractivity contribution in [2.45, 2.75) is 32.6 Å². The Morgan fingerprint density at radius 1 is 1.33 bits per heavy atom. The lowest BCUT2D eigenvalue weighted by molar-refractivity contribution is -0.141. The molecule has 1 aromatic carbocycles. The summed E-state index contributed by atoms with van der Waals surface area (Å²) in [6.07, 6.45) is 3.50. The lowest BCUT2D eigenvalue weighted by Gasteiger charge is -2.23. The van der Waals surface area contributed by atoms with Gasteiger partial charge in [0.05, 0.1) is 5.92 Å². The summed E-state index contributed by atoms with van der Waals surface area (Å²) >= 11 is 0. The fourth-order valence-electron chi connectivity index (χ4n) is 2.52.